The van der Waals surface area contributed by atoms with Gasteiger partial charge in [-0.15, -0.1) is 0 Å². The molecule has 7 heteroatoms. The van der Waals surface area contributed by atoms with Crippen molar-refractivity contribution in [3.8, 4) is 0 Å². The van der Waals surface area contributed by atoms with Gasteiger partial charge < -0.3 is 20.9 Å². The molecule has 2 fully saturated rings. The Balaban J connectivity index is 1.27. The maximum Gasteiger partial charge on any atom is 0.217 e. The summed E-state index contributed by atoms with van der Waals surface area (Å²) >= 11 is 0. The molecular formula is C24H40N6O. The summed E-state index contributed by atoms with van der Waals surface area (Å²) in [5.41, 5.74) is 6.79. The van der Waals surface area contributed by atoms with Gasteiger partial charge in [0.25, 0.3) is 0 Å². The molecule has 0 aliphatic carbocycles. The van der Waals surface area contributed by atoms with Crippen LogP contribution in [-0.2, 0) is 11.3 Å². The molecule has 0 saturated carbocycles. The number of piperidine rings is 1. The average molecular weight is 429 g/mol. The van der Waals surface area contributed by atoms with Gasteiger partial charge in [0.1, 0.15) is 0 Å². The lowest BCUT2D eigenvalue weighted by Crippen LogP contribution is -2.47. The summed E-state index contributed by atoms with van der Waals surface area (Å²) in [6.07, 6.45) is 4.99. The van der Waals surface area contributed by atoms with Crippen LogP contribution in [0.5, 0.6) is 0 Å². The third kappa shape index (κ3) is 8.15. The lowest BCUT2D eigenvalue weighted by atomic mass is 9.95. The van der Waals surface area contributed by atoms with Crippen LogP contribution in [0, 0.1) is 5.92 Å². The van der Waals surface area contributed by atoms with Gasteiger partial charge in [0.05, 0.1) is 0 Å². The molecule has 7 nitrogen and oxygen atoms in total. The highest BCUT2D eigenvalue weighted by atomic mass is 16.1. The van der Waals surface area contributed by atoms with Crippen LogP contribution in [-0.4, -0.2) is 86.0 Å². The minimum atomic E-state index is -0.198. The van der Waals surface area contributed by atoms with Crippen molar-refractivity contribution in [1.29, 1.82) is 0 Å². The molecule has 2 aliphatic rings. The van der Waals surface area contributed by atoms with Gasteiger partial charge in [-0.05, 0) is 43.7 Å². The van der Waals surface area contributed by atoms with Crippen LogP contribution in [0.3, 0.4) is 0 Å². The molecule has 172 valence electrons. The fraction of sp³-hybridized carbons (Fsp3) is 0.667. The minimum Gasteiger partial charge on any atom is -0.370 e. The molecule has 0 aromatic heterocycles. The molecule has 1 unspecified atom stereocenters. The molecule has 0 radical (unpaired) electrons. The van der Waals surface area contributed by atoms with Crippen LogP contribution < -0.4 is 11.1 Å². The maximum absolute atomic E-state index is 11.2. The second kappa shape index (κ2) is 12.7. The van der Waals surface area contributed by atoms with Crippen LogP contribution in [0.1, 0.15) is 37.7 Å². The van der Waals surface area contributed by atoms with Crippen molar-refractivity contribution >= 4 is 11.9 Å². The van der Waals surface area contributed by atoms with E-state index in [1.54, 1.807) is 0 Å². The fourth-order valence-electron chi connectivity index (χ4n) is 4.71. The molecule has 3 N–H and O–H groups in total. The van der Waals surface area contributed by atoms with Crippen LogP contribution >= 0.6 is 0 Å². The summed E-state index contributed by atoms with van der Waals surface area (Å²) in [5.74, 6) is 1.12. The van der Waals surface area contributed by atoms with Crippen molar-refractivity contribution in [2.45, 2.75) is 38.6 Å². The van der Waals surface area contributed by atoms with Crippen molar-refractivity contribution in [3.63, 3.8) is 0 Å². The Kier molecular flexibility index (Phi) is 9.62. The SMILES string of the molecule is CN=C(NCCCCN1CCN(Cc2ccccc2)CC1)N1CCCC(CC(N)=O)C1. The molecule has 2 heterocycles. The molecule has 31 heavy (non-hydrogen) atoms. The van der Waals surface area contributed by atoms with Crippen molar-refractivity contribution in [2.24, 2.45) is 16.6 Å². The molecule has 1 atom stereocenters. The first-order valence-electron chi connectivity index (χ1n) is 11.9. The second-order valence-corrected chi connectivity index (χ2v) is 8.91. The first kappa shape index (κ1) is 23.5. The molecule has 1 amide bonds. The standard InChI is InChI=1S/C24H40N6O/c1-26-24(30-13-7-10-22(20-30)18-23(25)31)27-11-5-6-12-28-14-16-29(17-15-28)19-21-8-3-2-4-9-21/h2-4,8-9,22H,5-7,10-20H2,1H3,(H2,25,31)(H,26,27). The van der Waals surface area contributed by atoms with E-state index in [0.717, 1.165) is 77.6 Å². The van der Waals surface area contributed by atoms with Crippen molar-refractivity contribution in [2.75, 3.05) is 59.4 Å². The number of nitrogens with zero attached hydrogens (tertiary/aromatic N) is 4. The van der Waals surface area contributed by atoms with Gasteiger partial charge in [-0.2, -0.15) is 0 Å². The van der Waals surface area contributed by atoms with E-state index in [2.05, 4.69) is 55.3 Å². The summed E-state index contributed by atoms with van der Waals surface area (Å²) < 4.78 is 0. The first-order valence-corrected chi connectivity index (χ1v) is 11.9. The van der Waals surface area contributed by atoms with Crippen LogP contribution in [0.2, 0.25) is 0 Å². The molecule has 3 rings (SSSR count). The number of primary amides is 1. The number of guanidine groups is 1. The number of nitrogens with two attached hydrogens (primary N) is 1. The monoisotopic (exact) mass is 428 g/mol. The third-order valence-electron chi connectivity index (χ3n) is 6.42. The molecular weight excluding hydrogens is 388 g/mol. The largest absolute Gasteiger partial charge is 0.370 e. The molecule has 2 aliphatic heterocycles. The van der Waals surface area contributed by atoms with Gasteiger partial charge in [-0.25, -0.2) is 0 Å². The lowest BCUT2D eigenvalue weighted by Gasteiger charge is -2.35. The highest BCUT2D eigenvalue weighted by molar-refractivity contribution is 5.80. The number of hydrogen-bond acceptors (Lipinski definition) is 4. The summed E-state index contributed by atoms with van der Waals surface area (Å²) in [6, 6.07) is 10.8. The highest BCUT2D eigenvalue weighted by Gasteiger charge is 2.23. The number of carbonyl (C=O) groups is 1. The number of amides is 1. The Hall–Kier alpha value is -2.12. The second-order valence-electron chi connectivity index (χ2n) is 8.91. The zero-order chi connectivity index (χ0) is 21.9. The number of hydrogen-bond donors (Lipinski definition) is 2. The zero-order valence-electron chi connectivity index (χ0n) is 19.1. The third-order valence-corrected chi connectivity index (χ3v) is 6.42. The normalized spacial score (nSPS) is 21.3. The number of piperazine rings is 1. The quantitative estimate of drug-likeness (QED) is 0.356. The van der Waals surface area contributed by atoms with E-state index in [1.165, 1.54) is 18.5 Å². The van der Waals surface area contributed by atoms with E-state index in [4.69, 9.17) is 5.73 Å². The van der Waals surface area contributed by atoms with E-state index in [9.17, 15) is 4.79 Å². The van der Waals surface area contributed by atoms with E-state index >= 15 is 0 Å². The van der Waals surface area contributed by atoms with Crippen molar-refractivity contribution in [3.05, 3.63) is 35.9 Å². The predicted octanol–water partition coefficient (Wildman–Crippen LogP) is 1.75. The molecule has 2 saturated heterocycles. The highest BCUT2D eigenvalue weighted by Crippen LogP contribution is 2.19. The fourth-order valence-corrected chi connectivity index (χ4v) is 4.71. The number of carbonyl (C=O) groups excluding carboxylic acids is 1. The summed E-state index contributed by atoms with van der Waals surface area (Å²) in [4.78, 5) is 23.1. The lowest BCUT2D eigenvalue weighted by molar-refractivity contribution is -0.119. The van der Waals surface area contributed by atoms with Crippen LogP contribution in [0.4, 0.5) is 0 Å². The molecule has 1 aromatic rings. The van der Waals surface area contributed by atoms with E-state index < -0.39 is 0 Å². The Morgan fingerprint density at radius 2 is 1.84 bits per heavy atom. The van der Waals surface area contributed by atoms with Crippen LogP contribution in [0.25, 0.3) is 0 Å². The summed E-state index contributed by atoms with van der Waals surface area (Å²) in [5, 5.41) is 3.52. The number of unbranched alkanes of at least 4 members (excludes halogenated alkanes) is 1. The van der Waals surface area contributed by atoms with Gasteiger partial charge in [-0.1, -0.05) is 30.3 Å². The van der Waals surface area contributed by atoms with Crippen molar-refractivity contribution in [1.82, 2.24) is 20.0 Å². The average Bonchev–Trinajstić information content (AvgIpc) is 2.78. The Morgan fingerprint density at radius 1 is 1.10 bits per heavy atom. The Labute approximate surface area is 187 Å². The van der Waals surface area contributed by atoms with E-state index in [-0.39, 0.29) is 5.91 Å². The Morgan fingerprint density at radius 3 is 2.55 bits per heavy atom. The number of nitrogens with one attached hydrogen (secondary N) is 1. The number of aliphatic imine (C=N–C) groups is 1. The summed E-state index contributed by atoms with van der Waals surface area (Å²) in [6.45, 7) is 9.68. The van der Waals surface area contributed by atoms with Gasteiger partial charge >= 0.3 is 0 Å². The topological polar surface area (TPSA) is 77.2 Å². The number of benzene rings is 1. The minimum absolute atomic E-state index is 0.198. The van der Waals surface area contributed by atoms with E-state index in [0.29, 0.717) is 12.3 Å². The molecule has 1 aromatic carbocycles. The van der Waals surface area contributed by atoms with Gasteiger partial charge in [-0.3, -0.25) is 14.7 Å². The predicted molar refractivity (Wildman–Crippen MR) is 127 cm³/mol. The maximum atomic E-state index is 11.2. The van der Waals surface area contributed by atoms with Gasteiger partial charge in [0.2, 0.25) is 5.91 Å². The molecule has 0 bridgehead atoms. The van der Waals surface area contributed by atoms with Crippen molar-refractivity contribution < 1.29 is 4.79 Å². The van der Waals surface area contributed by atoms with Crippen LogP contribution in [0.15, 0.2) is 35.3 Å². The summed E-state index contributed by atoms with van der Waals surface area (Å²) in [7, 11) is 1.84. The zero-order valence-corrected chi connectivity index (χ0v) is 19.1. The number of likely N-dealkylation sites (tertiary alicyclic amines) is 1. The Bertz CT molecular complexity index is 687. The molecule has 0 spiro atoms. The number of rotatable bonds is 9. The van der Waals surface area contributed by atoms with Gasteiger partial charge in [0, 0.05) is 65.8 Å². The van der Waals surface area contributed by atoms with Gasteiger partial charge in [0.15, 0.2) is 5.96 Å². The smallest absolute Gasteiger partial charge is 0.217 e. The first-order chi connectivity index (χ1) is 15.1. The van der Waals surface area contributed by atoms with E-state index in [1.807, 2.05) is 7.05 Å².